The zero-order valence-corrected chi connectivity index (χ0v) is 10.3. The highest BCUT2D eigenvalue weighted by Gasteiger charge is 2.61. The number of rotatable bonds is 3. The number of halogens is 6. The Morgan fingerprint density at radius 1 is 1.15 bits per heavy atom. The van der Waals surface area contributed by atoms with Gasteiger partial charge in [-0.05, 0) is 12.1 Å². The highest BCUT2D eigenvalue weighted by Crippen LogP contribution is 2.43. The van der Waals surface area contributed by atoms with Crippen molar-refractivity contribution in [2.45, 2.75) is 12.3 Å². The van der Waals surface area contributed by atoms with Gasteiger partial charge in [-0.3, -0.25) is 0 Å². The number of hydrogen-bond acceptors (Lipinski definition) is 2. The number of benzene rings is 1. The number of nitrogens with zero attached hydrogens (tertiary/aromatic N) is 1. The number of imidazole rings is 1. The number of alkyl halides is 5. The van der Waals surface area contributed by atoms with Crippen LogP contribution >= 0.6 is 11.6 Å². The Balaban J connectivity index is 2.47. The van der Waals surface area contributed by atoms with Gasteiger partial charge in [0.2, 0.25) is 0 Å². The number of hydrogen-bond donors (Lipinski definition) is 1. The predicted molar refractivity (Wildman–Crippen MR) is 60.7 cm³/mol. The average Bonchev–Trinajstić information content (AvgIpc) is 2.83. The standard InChI is InChI=1S/C11H6ClF5N2O/c12-7-3-1-2-6(8-4-18-5-19-8)9(7)20-11(16,17)10(13,14)15/h1-5H,(H,18,19). The van der Waals surface area contributed by atoms with Gasteiger partial charge >= 0.3 is 12.3 Å². The fraction of sp³-hybridized carbons (Fsp3) is 0.182. The van der Waals surface area contributed by atoms with E-state index in [0.29, 0.717) is 0 Å². The smallest absolute Gasteiger partial charge is 0.423 e. The molecule has 108 valence electrons. The molecule has 0 bridgehead atoms. The molecule has 0 spiro atoms. The van der Waals surface area contributed by atoms with Gasteiger partial charge in [-0.15, -0.1) is 0 Å². The van der Waals surface area contributed by atoms with Crippen molar-refractivity contribution < 1.29 is 26.7 Å². The minimum Gasteiger partial charge on any atom is -0.423 e. The van der Waals surface area contributed by atoms with Crippen LogP contribution in [0.1, 0.15) is 0 Å². The van der Waals surface area contributed by atoms with Gasteiger partial charge < -0.3 is 9.72 Å². The quantitative estimate of drug-likeness (QED) is 0.860. The fourth-order valence-electron chi connectivity index (χ4n) is 1.41. The molecule has 3 nitrogen and oxygen atoms in total. The molecular weight excluding hydrogens is 307 g/mol. The molecule has 2 rings (SSSR count). The molecule has 1 aromatic heterocycles. The van der Waals surface area contributed by atoms with E-state index in [-0.39, 0.29) is 16.3 Å². The molecule has 0 saturated heterocycles. The first-order chi connectivity index (χ1) is 9.22. The van der Waals surface area contributed by atoms with Crippen LogP contribution < -0.4 is 4.74 Å². The van der Waals surface area contributed by atoms with Crippen molar-refractivity contribution in [1.82, 2.24) is 9.97 Å². The van der Waals surface area contributed by atoms with E-state index < -0.39 is 18.0 Å². The van der Waals surface area contributed by atoms with Crippen LogP contribution in [0, 0.1) is 0 Å². The molecule has 9 heteroatoms. The van der Waals surface area contributed by atoms with Gasteiger partial charge in [-0.1, -0.05) is 17.7 Å². The van der Waals surface area contributed by atoms with Gasteiger partial charge in [0.05, 0.1) is 23.2 Å². The van der Waals surface area contributed by atoms with E-state index in [9.17, 15) is 22.0 Å². The van der Waals surface area contributed by atoms with Crippen molar-refractivity contribution in [3.63, 3.8) is 0 Å². The Hall–Kier alpha value is -1.83. The maximum Gasteiger partial charge on any atom is 0.499 e. The second-order valence-electron chi connectivity index (χ2n) is 3.70. The third-order valence-electron chi connectivity index (χ3n) is 2.32. The van der Waals surface area contributed by atoms with Crippen molar-refractivity contribution in [3.8, 4) is 17.0 Å². The highest BCUT2D eigenvalue weighted by molar-refractivity contribution is 6.32. The van der Waals surface area contributed by atoms with E-state index in [1.165, 1.54) is 24.7 Å². The topological polar surface area (TPSA) is 37.9 Å². The third kappa shape index (κ3) is 2.69. The van der Waals surface area contributed by atoms with Crippen molar-refractivity contribution in [3.05, 3.63) is 35.7 Å². The van der Waals surface area contributed by atoms with Gasteiger partial charge in [0.15, 0.2) is 5.75 Å². The summed E-state index contributed by atoms with van der Waals surface area (Å²) in [5.74, 6) is -0.777. The zero-order chi connectivity index (χ0) is 15.0. The molecule has 20 heavy (non-hydrogen) atoms. The molecule has 0 atom stereocenters. The monoisotopic (exact) mass is 312 g/mol. The first-order valence-electron chi connectivity index (χ1n) is 5.13. The van der Waals surface area contributed by atoms with E-state index in [1.807, 2.05) is 0 Å². The summed E-state index contributed by atoms with van der Waals surface area (Å²) in [7, 11) is 0. The lowest BCUT2D eigenvalue weighted by molar-refractivity contribution is -0.360. The van der Waals surface area contributed by atoms with E-state index in [2.05, 4.69) is 14.7 Å². The highest BCUT2D eigenvalue weighted by atomic mass is 35.5. The molecule has 1 heterocycles. The maximum absolute atomic E-state index is 13.0. The molecule has 0 amide bonds. The van der Waals surface area contributed by atoms with Crippen LogP contribution in [0.4, 0.5) is 22.0 Å². The Labute approximate surface area is 114 Å². The average molecular weight is 313 g/mol. The minimum absolute atomic E-state index is 0.0566. The van der Waals surface area contributed by atoms with E-state index in [1.54, 1.807) is 0 Å². The lowest BCUT2D eigenvalue weighted by Gasteiger charge is -2.22. The van der Waals surface area contributed by atoms with Gasteiger partial charge in [0, 0.05) is 5.56 Å². The first-order valence-corrected chi connectivity index (χ1v) is 5.51. The van der Waals surface area contributed by atoms with Gasteiger partial charge in [0.1, 0.15) is 0 Å². The number of nitrogens with one attached hydrogen (secondary N) is 1. The largest absolute Gasteiger partial charge is 0.499 e. The number of H-pyrrole nitrogens is 1. The van der Waals surface area contributed by atoms with E-state index in [0.717, 1.165) is 6.07 Å². The predicted octanol–water partition coefficient (Wildman–Crippen LogP) is 4.26. The zero-order valence-electron chi connectivity index (χ0n) is 9.51. The Morgan fingerprint density at radius 3 is 2.40 bits per heavy atom. The van der Waals surface area contributed by atoms with Crippen LogP contribution in [-0.4, -0.2) is 22.3 Å². The van der Waals surface area contributed by atoms with Crippen LogP contribution in [0.5, 0.6) is 5.75 Å². The number of aromatic nitrogens is 2. The fourth-order valence-corrected chi connectivity index (χ4v) is 1.63. The van der Waals surface area contributed by atoms with E-state index in [4.69, 9.17) is 11.6 Å². The molecular formula is C11H6ClF5N2O. The summed E-state index contributed by atoms with van der Waals surface area (Å²) < 4.78 is 66.3. The van der Waals surface area contributed by atoms with Crippen molar-refractivity contribution in [2.24, 2.45) is 0 Å². The van der Waals surface area contributed by atoms with Gasteiger partial charge in [0.25, 0.3) is 0 Å². The molecule has 0 aliphatic heterocycles. The summed E-state index contributed by atoms with van der Waals surface area (Å²) in [6.07, 6.45) is -8.73. The third-order valence-corrected chi connectivity index (χ3v) is 2.61. The summed E-state index contributed by atoms with van der Waals surface area (Å²) in [5.41, 5.74) is 0.138. The second-order valence-corrected chi connectivity index (χ2v) is 4.11. The van der Waals surface area contributed by atoms with Crippen LogP contribution in [0.2, 0.25) is 5.02 Å². The maximum atomic E-state index is 13.0. The van der Waals surface area contributed by atoms with Crippen molar-refractivity contribution in [1.29, 1.82) is 0 Å². The molecule has 1 aromatic carbocycles. The molecule has 0 aliphatic carbocycles. The summed E-state index contributed by atoms with van der Waals surface area (Å²) in [4.78, 5) is 6.22. The summed E-state index contributed by atoms with van der Waals surface area (Å²) >= 11 is 5.64. The number of aromatic amines is 1. The summed E-state index contributed by atoms with van der Waals surface area (Å²) in [6.45, 7) is 0. The van der Waals surface area contributed by atoms with Crippen molar-refractivity contribution >= 4 is 11.6 Å². The lowest BCUT2D eigenvalue weighted by Crippen LogP contribution is -2.42. The molecule has 0 fully saturated rings. The number of para-hydroxylation sites is 1. The molecule has 2 aromatic rings. The molecule has 1 N–H and O–H groups in total. The molecule has 0 aliphatic rings. The van der Waals surface area contributed by atoms with Gasteiger partial charge in [-0.25, -0.2) is 4.98 Å². The Bertz CT molecular complexity index is 597. The van der Waals surface area contributed by atoms with Crippen LogP contribution in [0.15, 0.2) is 30.7 Å². The van der Waals surface area contributed by atoms with Crippen LogP contribution in [0.3, 0.4) is 0 Å². The van der Waals surface area contributed by atoms with E-state index >= 15 is 0 Å². The second kappa shape index (κ2) is 4.93. The first kappa shape index (κ1) is 14.6. The molecule has 0 radical (unpaired) electrons. The van der Waals surface area contributed by atoms with Crippen LogP contribution in [-0.2, 0) is 0 Å². The Kier molecular flexibility index (Phi) is 3.59. The van der Waals surface area contributed by atoms with Gasteiger partial charge in [-0.2, -0.15) is 22.0 Å². The normalized spacial score (nSPS) is 12.5. The Morgan fingerprint density at radius 2 is 1.85 bits per heavy atom. The molecule has 0 unspecified atom stereocenters. The van der Waals surface area contributed by atoms with Crippen molar-refractivity contribution in [2.75, 3.05) is 0 Å². The number of ether oxygens (including phenoxy) is 1. The summed E-state index contributed by atoms with van der Waals surface area (Å²) in [6, 6.07) is 3.81. The minimum atomic E-state index is -5.85. The lowest BCUT2D eigenvalue weighted by atomic mass is 10.1. The SMILES string of the molecule is FC(F)(F)C(F)(F)Oc1c(Cl)cccc1-c1cnc[nH]1. The molecule has 0 saturated carbocycles. The summed E-state index contributed by atoms with van der Waals surface area (Å²) in [5, 5.41) is -0.374. The van der Waals surface area contributed by atoms with Crippen LogP contribution in [0.25, 0.3) is 11.3 Å².